The highest BCUT2D eigenvalue weighted by Crippen LogP contribution is 1.93. The van der Waals surface area contributed by atoms with Crippen LogP contribution in [0.15, 0.2) is 11.9 Å². The quantitative estimate of drug-likeness (QED) is 0.503. The number of rotatable bonds is 3. The van der Waals surface area contributed by atoms with Gasteiger partial charge in [-0.3, -0.25) is 4.79 Å². The normalized spacial score (nSPS) is 10.9. The predicted molar refractivity (Wildman–Crippen MR) is 40.0 cm³/mol. The van der Waals surface area contributed by atoms with E-state index in [1.165, 1.54) is 0 Å². The van der Waals surface area contributed by atoms with Crippen molar-refractivity contribution in [3.63, 3.8) is 0 Å². The van der Waals surface area contributed by atoms with Crippen molar-refractivity contribution in [2.24, 2.45) is 5.73 Å². The van der Waals surface area contributed by atoms with Crippen molar-refractivity contribution in [3.05, 3.63) is 11.9 Å². The van der Waals surface area contributed by atoms with Gasteiger partial charge in [0.2, 0.25) is 0 Å². The summed E-state index contributed by atoms with van der Waals surface area (Å²) in [5.74, 6) is -0.431. The van der Waals surface area contributed by atoms with Gasteiger partial charge in [-0.15, -0.1) is 0 Å². The Hall–Kier alpha value is -1.19. The zero-order valence-corrected chi connectivity index (χ0v) is 6.51. The van der Waals surface area contributed by atoms with Crippen molar-refractivity contribution in [2.45, 2.75) is 0 Å². The summed E-state index contributed by atoms with van der Waals surface area (Å²) in [6.45, 7) is 0. The number of amides is 1. The molecule has 0 rings (SSSR count). The van der Waals surface area contributed by atoms with Crippen LogP contribution >= 0.6 is 0 Å². The smallest absolute Gasteiger partial charge is 0.266 e. The van der Waals surface area contributed by atoms with Gasteiger partial charge in [-0.2, -0.15) is 0 Å². The average molecular weight is 143 g/mol. The van der Waals surface area contributed by atoms with Crippen LogP contribution in [0.1, 0.15) is 0 Å². The van der Waals surface area contributed by atoms with Crippen LogP contribution in [0.5, 0.6) is 0 Å². The molecule has 0 bridgehead atoms. The van der Waals surface area contributed by atoms with E-state index in [2.05, 4.69) is 5.32 Å². The Labute approximate surface area is 60.7 Å². The van der Waals surface area contributed by atoms with Crippen molar-refractivity contribution < 1.29 is 4.79 Å². The van der Waals surface area contributed by atoms with Crippen LogP contribution in [0.2, 0.25) is 0 Å². The van der Waals surface area contributed by atoms with Crippen LogP contribution in [0.25, 0.3) is 0 Å². The molecule has 0 aliphatic heterocycles. The Balaban J connectivity index is 4.27. The molecule has 0 aliphatic carbocycles. The molecule has 0 spiro atoms. The molecular weight excluding hydrogens is 130 g/mol. The van der Waals surface area contributed by atoms with Crippen LogP contribution in [-0.4, -0.2) is 32.0 Å². The number of nitrogens with one attached hydrogen (secondary N) is 1. The summed E-state index contributed by atoms with van der Waals surface area (Å²) in [5, 5.41) is 2.73. The first kappa shape index (κ1) is 8.81. The first-order valence-corrected chi connectivity index (χ1v) is 2.94. The number of nitrogens with two attached hydrogens (primary N) is 1. The lowest BCUT2D eigenvalue weighted by Gasteiger charge is -2.12. The number of likely N-dealkylation sites (N-methyl/N-ethyl adjacent to an activating group) is 1. The van der Waals surface area contributed by atoms with Gasteiger partial charge in [-0.05, 0) is 0 Å². The maximum Gasteiger partial charge on any atom is 0.266 e. The molecule has 3 N–H and O–H groups in total. The summed E-state index contributed by atoms with van der Waals surface area (Å²) in [4.78, 5) is 12.3. The van der Waals surface area contributed by atoms with Crippen LogP contribution < -0.4 is 11.1 Å². The number of hydrogen-bond acceptors (Lipinski definition) is 3. The summed E-state index contributed by atoms with van der Waals surface area (Å²) in [6, 6.07) is 0. The van der Waals surface area contributed by atoms with Gasteiger partial charge < -0.3 is 16.0 Å². The highest BCUT2D eigenvalue weighted by molar-refractivity contribution is 5.91. The largest absolute Gasteiger partial charge is 0.392 e. The number of primary amides is 1. The molecule has 58 valence electrons. The van der Waals surface area contributed by atoms with Crippen molar-refractivity contribution in [3.8, 4) is 0 Å². The van der Waals surface area contributed by atoms with Crippen molar-refractivity contribution >= 4 is 5.91 Å². The van der Waals surface area contributed by atoms with E-state index in [1.807, 2.05) is 0 Å². The summed E-state index contributed by atoms with van der Waals surface area (Å²) in [7, 11) is 5.23. The Morgan fingerprint density at radius 3 is 2.20 bits per heavy atom. The van der Waals surface area contributed by atoms with Gasteiger partial charge in [0.15, 0.2) is 0 Å². The zero-order valence-electron chi connectivity index (χ0n) is 6.51. The maximum absolute atomic E-state index is 10.6. The summed E-state index contributed by atoms with van der Waals surface area (Å²) < 4.78 is 0. The standard InChI is InChI=1S/C6H13N3O/c1-8-4-5(6(7)10)9(2)3/h4,8H,1-3H3,(H2,7,10)/b5-4-. The molecule has 1 amide bonds. The first-order valence-electron chi connectivity index (χ1n) is 2.94. The number of nitrogens with zero attached hydrogens (tertiary/aromatic N) is 1. The van der Waals surface area contributed by atoms with E-state index in [0.29, 0.717) is 5.70 Å². The lowest BCUT2D eigenvalue weighted by molar-refractivity contribution is -0.115. The molecular formula is C6H13N3O. The second-order valence-corrected chi connectivity index (χ2v) is 2.08. The van der Waals surface area contributed by atoms with E-state index in [1.54, 1.807) is 32.2 Å². The second kappa shape index (κ2) is 3.76. The lowest BCUT2D eigenvalue weighted by atomic mass is 10.4. The van der Waals surface area contributed by atoms with E-state index < -0.39 is 5.91 Å². The Kier molecular flexibility index (Phi) is 3.32. The van der Waals surface area contributed by atoms with Crippen molar-refractivity contribution in [2.75, 3.05) is 21.1 Å². The highest BCUT2D eigenvalue weighted by atomic mass is 16.1. The molecule has 0 aromatic rings. The van der Waals surface area contributed by atoms with Gasteiger partial charge in [0.1, 0.15) is 5.70 Å². The fraction of sp³-hybridized carbons (Fsp3) is 0.500. The monoisotopic (exact) mass is 143 g/mol. The third kappa shape index (κ3) is 2.39. The number of hydrogen-bond donors (Lipinski definition) is 2. The van der Waals surface area contributed by atoms with E-state index in [4.69, 9.17) is 5.73 Å². The average Bonchev–Trinajstić information content (AvgIpc) is 1.81. The molecule has 0 aliphatic rings. The molecule has 4 heteroatoms. The minimum Gasteiger partial charge on any atom is -0.392 e. The fourth-order valence-electron chi connectivity index (χ4n) is 0.557. The Morgan fingerprint density at radius 2 is 2.10 bits per heavy atom. The van der Waals surface area contributed by atoms with Gasteiger partial charge >= 0.3 is 0 Å². The molecule has 0 saturated heterocycles. The number of carbonyl (C=O) groups excluding carboxylic acids is 1. The molecule has 0 atom stereocenters. The fourth-order valence-corrected chi connectivity index (χ4v) is 0.557. The van der Waals surface area contributed by atoms with Gasteiger partial charge in [0.05, 0.1) is 0 Å². The Bertz CT molecular complexity index is 151. The van der Waals surface area contributed by atoms with Crippen LogP contribution in [-0.2, 0) is 4.79 Å². The second-order valence-electron chi connectivity index (χ2n) is 2.08. The van der Waals surface area contributed by atoms with Crippen molar-refractivity contribution in [1.82, 2.24) is 10.2 Å². The predicted octanol–water partition coefficient (Wildman–Crippen LogP) is -0.906. The lowest BCUT2D eigenvalue weighted by Crippen LogP contribution is -2.26. The summed E-state index contributed by atoms with van der Waals surface area (Å²) in [6.07, 6.45) is 1.56. The molecule has 0 aromatic heterocycles. The van der Waals surface area contributed by atoms with E-state index in [9.17, 15) is 4.79 Å². The minimum atomic E-state index is -0.431. The van der Waals surface area contributed by atoms with Crippen LogP contribution in [0.4, 0.5) is 0 Å². The third-order valence-corrected chi connectivity index (χ3v) is 1.02. The van der Waals surface area contributed by atoms with Gasteiger partial charge in [0.25, 0.3) is 5.91 Å². The molecule has 0 saturated carbocycles. The first-order chi connectivity index (χ1) is 4.59. The molecule has 4 nitrogen and oxygen atoms in total. The van der Waals surface area contributed by atoms with Gasteiger partial charge in [-0.25, -0.2) is 0 Å². The van der Waals surface area contributed by atoms with Gasteiger partial charge in [0, 0.05) is 27.3 Å². The molecule has 0 aromatic carbocycles. The molecule has 0 unspecified atom stereocenters. The minimum absolute atomic E-state index is 0.431. The molecule has 0 heterocycles. The van der Waals surface area contributed by atoms with Crippen molar-refractivity contribution in [1.29, 1.82) is 0 Å². The number of carbonyl (C=O) groups is 1. The van der Waals surface area contributed by atoms with Gasteiger partial charge in [-0.1, -0.05) is 0 Å². The van der Waals surface area contributed by atoms with E-state index in [-0.39, 0.29) is 0 Å². The highest BCUT2D eigenvalue weighted by Gasteiger charge is 2.04. The summed E-state index contributed by atoms with van der Waals surface area (Å²) >= 11 is 0. The molecule has 10 heavy (non-hydrogen) atoms. The molecule has 0 fully saturated rings. The molecule has 0 radical (unpaired) electrons. The zero-order chi connectivity index (χ0) is 8.15. The summed E-state index contributed by atoms with van der Waals surface area (Å²) in [5.41, 5.74) is 5.50. The maximum atomic E-state index is 10.6. The van der Waals surface area contributed by atoms with Crippen LogP contribution in [0, 0.1) is 0 Å². The van der Waals surface area contributed by atoms with E-state index >= 15 is 0 Å². The third-order valence-electron chi connectivity index (χ3n) is 1.02. The Morgan fingerprint density at radius 1 is 1.60 bits per heavy atom. The van der Waals surface area contributed by atoms with Crippen LogP contribution in [0.3, 0.4) is 0 Å². The SMILES string of the molecule is CN/C=C(/C(N)=O)N(C)C. The van der Waals surface area contributed by atoms with E-state index in [0.717, 1.165) is 0 Å². The topological polar surface area (TPSA) is 58.4 Å².